The highest BCUT2D eigenvalue weighted by molar-refractivity contribution is 5.93. The maximum atomic E-state index is 12.0. The number of furan rings is 1. The highest BCUT2D eigenvalue weighted by atomic mass is 19.4. The molecule has 0 radical (unpaired) electrons. The van der Waals surface area contributed by atoms with Gasteiger partial charge in [-0.3, -0.25) is 4.79 Å². The number of amides is 1. The van der Waals surface area contributed by atoms with E-state index in [1.54, 1.807) is 12.1 Å². The SMILES string of the molecule is O=C(NCC(O)c1ccco1)c1ccc(OCC(F)(F)F)nc1. The van der Waals surface area contributed by atoms with Crippen LogP contribution in [-0.4, -0.2) is 35.3 Å². The van der Waals surface area contributed by atoms with Gasteiger partial charge in [-0.1, -0.05) is 0 Å². The number of hydrogen-bond donors (Lipinski definition) is 2. The lowest BCUT2D eigenvalue weighted by atomic mass is 10.2. The van der Waals surface area contributed by atoms with Crippen molar-refractivity contribution in [2.24, 2.45) is 0 Å². The number of carbonyl (C=O) groups is 1. The quantitative estimate of drug-likeness (QED) is 0.847. The maximum absolute atomic E-state index is 12.0. The molecule has 1 unspecified atom stereocenters. The molecule has 0 aliphatic heterocycles. The van der Waals surface area contributed by atoms with Gasteiger partial charge in [-0.25, -0.2) is 4.98 Å². The Kier molecular flexibility index (Phi) is 5.22. The predicted molar refractivity (Wildman–Crippen MR) is 71.8 cm³/mol. The van der Waals surface area contributed by atoms with Gasteiger partial charge in [-0.05, 0) is 18.2 Å². The fourth-order valence-corrected chi connectivity index (χ4v) is 1.63. The van der Waals surface area contributed by atoms with Gasteiger partial charge in [0.25, 0.3) is 5.91 Å². The second-order valence-corrected chi connectivity index (χ2v) is 4.53. The van der Waals surface area contributed by atoms with Crippen LogP contribution in [0.2, 0.25) is 0 Å². The van der Waals surface area contributed by atoms with Gasteiger partial charge in [-0.15, -0.1) is 0 Å². The first-order valence-electron chi connectivity index (χ1n) is 6.50. The molecule has 1 amide bonds. The lowest BCUT2D eigenvalue weighted by Crippen LogP contribution is -2.28. The number of nitrogens with one attached hydrogen (secondary N) is 1. The Morgan fingerprint density at radius 1 is 1.39 bits per heavy atom. The summed E-state index contributed by atoms with van der Waals surface area (Å²) < 4.78 is 45.4. The molecule has 0 fully saturated rings. The number of aromatic nitrogens is 1. The second kappa shape index (κ2) is 7.14. The first-order chi connectivity index (χ1) is 10.8. The molecule has 0 bridgehead atoms. The van der Waals surface area contributed by atoms with E-state index in [0.29, 0.717) is 5.76 Å². The number of rotatable bonds is 6. The first kappa shape index (κ1) is 16.8. The molecule has 1 atom stereocenters. The molecule has 0 aliphatic rings. The smallest absolute Gasteiger partial charge is 0.422 e. The van der Waals surface area contributed by atoms with Crippen LogP contribution in [0.3, 0.4) is 0 Å². The van der Waals surface area contributed by atoms with Gasteiger partial charge in [0, 0.05) is 12.3 Å². The van der Waals surface area contributed by atoms with E-state index in [9.17, 15) is 23.1 Å². The number of carbonyl (C=O) groups excluding carboxylic acids is 1. The van der Waals surface area contributed by atoms with E-state index >= 15 is 0 Å². The van der Waals surface area contributed by atoms with Crippen molar-refractivity contribution in [1.29, 1.82) is 0 Å². The minimum Gasteiger partial charge on any atom is -0.468 e. The van der Waals surface area contributed by atoms with Crippen LogP contribution in [0.1, 0.15) is 22.2 Å². The largest absolute Gasteiger partial charge is 0.468 e. The van der Waals surface area contributed by atoms with Gasteiger partial charge in [0.15, 0.2) is 6.61 Å². The number of halogens is 3. The van der Waals surface area contributed by atoms with Gasteiger partial charge in [0.2, 0.25) is 5.88 Å². The van der Waals surface area contributed by atoms with Crippen molar-refractivity contribution in [1.82, 2.24) is 10.3 Å². The zero-order valence-corrected chi connectivity index (χ0v) is 11.7. The second-order valence-electron chi connectivity index (χ2n) is 4.53. The third-order valence-electron chi connectivity index (χ3n) is 2.71. The number of pyridine rings is 1. The van der Waals surface area contributed by atoms with Crippen molar-refractivity contribution < 1.29 is 32.2 Å². The van der Waals surface area contributed by atoms with E-state index < -0.39 is 24.8 Å². The fraction of sp³-hybridized carbons (Fsp3) is 0.286. The lowest BCUT2D eigenvalue weighted by Gasteiger charge is -2.10. The fourth-order valence-electron chi connectivity index (χ4n) is 1.63. The number of aliphatic hydroxyl groups is 1. The van der Waals surface area contributed by atoms with Crippen LogP contribution in [-0.2, 0) is 0 Å². The Balaban J connectivity index is 1.85. The highest BCUT2D eigenvalue weighted by Gasteiger charge is 2.28. The van der Waals surface area contributed by atoms with Crippen molar-refractivity contribution >= 4 is 5.91 Å². The molecule has 0 aromatic carbocycles. The van der Waals surface area contributed by atoms with Crippen LogP contribution in [0.25, 0.3) is 0 Å². The number of hydrogen-bond acceptors (Lipinski definition) is 5. The summed E-state index contributed by atoms with van der Waals surface area (Å²) in [6, 6.07) is 5.59. The summed E-state index contributed by atoms with van der Waals surface area (Å²) in [7, 11) is 0. The van der Waals surface area contributed by atoms with Crippen LogP contribution in [0.15, 0.2) is 41.1 Å². The minimum atomic E-state index is -4.46. The molecule has 2 rings (SSSR count). The maximum Gasteiger partial charge on any atom is 0.422 e. The Bertz CT molecular complexity index is 626. The van der Waals surface area contributed by atoms with Crippen molar-refractivity contribution in [3.63, 3.8) is 0 Å². The van der Waals surface area contributed by atoms with E-state index in [0.717, 1.165) is 12.3 Å². The first-order valence-corrected chi connectivity index (χ1v) is 6.50. The van der Waals surface area contributed by atoms with Gasteiger partial charge in [0.1, 0.15) is 11.9 Å². The lowest BCUT2D eigenvalue weighted by molar-refractivity contribution is -0.154. The summed E-state index contributed by atoms with van der Waals surface area (Å²) >= 11 is 0. The molecule has 9 heteroatoms. The molecule has 23 heavy (non-hydrogen) atoms. The van der Waals surface area contributed by atoms with Gasteiger partial charge < -0.3 is 19.6 Å². The molecular formula is C14H13F3N2O4. The molecule has 2 aromatic rings. The van der Waals surface area contributed by atoms with Crippen LogP contribution < -0.4 is 10.1 Å². The van der Waals surface area contributed by atoms with Gasteiger partial charge in [-0.2, -0.15) is 13.2 Å². The van der Waals surface area contributed by atoms with Crippen molar-refractivity contribution in [2.75, 3.05) is 13.2 Å². The third-order valence-corrected chi connectivity index (χ3v) is 2.71. The van der Waals surface area contributed by atoms with Crippen LogP contribution in [0.5, 0.6) is 5.88 Å². The van der Waals surface area contributed by atoms with Crippen LogP contribution in [0, 0.1) is 0 Å². The molecule has 6 nitrogen and oxygen atoms in total. The Hall–Kier alpha value is -2.55. The molecule has 0 saturated heterocycles. The van der Waals surface area contributed by atoms with Crippen molar-refractivity contribution in [3.8, 4) is 5.88 Å². The Morgan fingerprint density at radius 3 is 2.74 bits per heavy atom. The molecule has 2 aromatic heterocycles. The molecule has 124 valence electrons. The van der Waals surface area contributed by atoms with Gasteiger partial charge in [0.05, 0.1) is 18.4 Å². The summed E-state index contributed by atoms with van der Waals surface area (Å²) in [6.45, 7) is -1.54. The average molecular weight is 330 g/mol. The van der Waals surface area contributed by atoms with Crippen molar-refractivity contribution in [3.05, 3.63) is 48.0 Å². The average Bonchev–Trinajstić information content (AvgIpc) is 3.04. The molecule has 0 saturated carbocycles. The predicted octanol–water partition coefficient (Wildman–Crippen LogP) is 2.08. The molecule has 2 N–H and O–H groups in total. The number of nitrogens with zero attached hydrogens (tertiary/aromatic N) is 1. The number of ether oxygens (including phenoxy) is 1. The molecule has 2 heterocycles. The zero-order valence-electron chi connectivity index (χ0n) is 11.7. The summed E-state index contributed by atoms with van der Waals surface area (Å²) in [5.41, 5.74) is 0.121. The highest BCUT2D eigenvalue weighted by Crippen LogP contribution is 2.17. The van der Waals surface area contributed by atoms with Crippen molar-refractivity contribution in [2.45, 2.75) is 12.3 Å². The normalized spacial score (nSPS) is 12.7. The summed E-state index contributed by atoms with van der Waals surface area (Å²) in [6.07, 6.45) is -2.99. The van der Waals surface area contributed by atoms with E-state index in [1.165, 1.54) is 12.3 Å². The van der Waals surface area contributed by atoms with Crippen LogP contribution in [0.4, 0.5) is 13.2 Å². The molecule has 0 aliphatic carbocycles. The Labute approximate surface area is 128 Å². The third kappa shape index (κ3) is 5.29. The van der Waals surface area contributed by atoms with E-state index in [-0.39, 0.29) is 18.0 Å². The molecule has 0 spiro atoms. The monoisotopic (exact) mass is 330 g/mol. The standard InChI is InChI=1S/C14H13F3N2O4/c15-14(16,17)8-23-12-4-3-9(6-18-12)13(21)19-7-10(20)11-2-1-5-22-11/h1-6,10,20H,7-8H2,(H,19,21). The van der Waals surface area contributed by atoms with Gasteiger partial charge >= 0.3 is 6.18 Å². The van der Waals surface area contributed by atoms with E-state index in [4.69, 9.17) is 4.42 Å². The zero-order chi connectivity index (χ0) is 16.9. The van der Waals surface area contributed by atoms with Crippen LogP contribution >= 0.6 is 0 Å². The Morgan fingerprint density at radius 2 is 2.17 bits per heavy atom. The van der Waals surface area contributed by atoms with E-state index in [1.807, 2.05) is 0 Å². The number of aliphatic hydroxyl groups excluding tert-OH is 1. The topological polar surface area (TPSA) is 84.6 Å². The molecular weight excluding hydrogens is 317 g/mol. The van der Waals surface area contributed by atoms with E-state index in [2.05, 4.69) is 15.0 Å². The summed E-state index contributed by atoms with van der Waals surface area (Å²) in [4.78, 5) is 15.4. The summed E-state index contributed by atoms with van der Waals surface area (Å²) in [5, 5.41) is 12.2. The minimum absolute atomic E-state index is 0.0847. The number of alkyl halides is 3. The summed E-state index contributed by atoms with van der Waals surface area (Å²) in [5.74, 6) is -0.473.